The Morgan fingerprint density at radius 3 is 2.50 bits per heavy atom. The van der Waals surface area contributed by atoms with E-state index in [-0.39, 0.29) is 24.3 Å². The molecule has 126 valence electrons. The van der Waals surface area contributed by atoms with Gasteiger partial charge < -0.3 is 10.6 Å². The predicted octanol–water partition coefficient (Wildman–Crippen LogP) is 0.372. The molecule has 0 saturated carbocycles. The molecule has 2 heterocycles. The summed E-state index contributed by atoms with van der Waals surface area (Å²) >= 11 is 0. The SMILES string of the molecule is Cc1ccc(-c2nnn(CC(=O)N3CCC(C(N)=O)CC3)n2)cc1. The Morgan fingerprint density at radius 2 is 1.88 bits per heavy atom. The lowest BCUT2D eigenvalue weighted by Crippen LogP contribution is -2.43. The fourth-order valence-corrected chi connectivity index (χ4v) is 2.76. The second kappa shape index (κ2) is 6.77. The maximum atomic E-state index is 12.3. The van der Waals surface area contributed by atoms with Crippen molar-refractivity contribution >= 4 is 11.8 Å². The molecule has 1 aliphatic rings. The molecule has 2 N–H and O–H groups in total. The van der Waals surface area contributed by atoms with Crippen LogP contribution in [0.2, 0.25) is 0 Å². The first kappa shape index (κ1) is 16.1. The molecule has 3 rings (SSSR count). The first-order valence-corrected chi connectivity index (χ1v) is 7.95. The van der Waals surface area contributed by atoms with Crippen molar-refractivity contribution < 1.29 is 9.59 Å². The number of carbonyl (C=O) groups is 2. The van der Waals surface area contributed by atoms with Crippen LogP contribution in [0.5, 0.6) is 0 Å². The Kier molecular flexibility index (Phi) is 4.54. The molecule has 1 aromatic carbocycles. The molecule has 0 bridgehead atoms. The standard InChI is InChI=1S/C16H20N6O2/c1-11-2-4-13(5-3-11)16-18-20-22(19-16)10-14(23)21-8-6-12(7-9-21)15(17)24/h2-5,12H,6-10H2,1H3,(H2,17,24). The van der Waals surface area contributed by atoms with Gasteiger partial charge in [-0.25, -0.2) is 0 Å². The number of amides is 2. The minimum atomic E-state index is -0.289. The molecular weight excluding hydrogens is 308 g/mol. The first-order valence-electron chi connectivity index (χ1n) is 7.95. The highest BCUT2D eigenvalue weighted by Crippen LogP contribution is 2.17. The van der Waals surface area contributed by atoms with Crippen molar-refractivity contribution in [3.63, 3.8) is 0 Å². The Balaban J connectivity index is 1.59. The van der Waals surface area contributed by atoms with Crippen LogP contribution in [0.25, 0.3) is 11.4 Å². The lowest BCUT2D eigenvalue weighted by Gasteiger charge is -2.30. The number of hydrogen-bond donors (Lipinski definition) is 1. The summed E-state index contributed by atoms with van der Waals surface area (Å²) in [5.74, 6) is -0.00419. The van der Waals surface area contributed by atoms with Crippen molar-refractivity contribution in [3.05, 3.63) is 29.8 Å². The van der Waals surface area contributed by atoms with Crippen LogP contribution in [0.4, 0.5) is 0 Å². The molecule has 0 aliphatic carbocycles. The number of aromatic nitrogens is 4. The van der Waals surface area contributed by atoms with Crippen LogP contribution in [0.1, 0.15) is 18.4 Å². The van der Waals surface area contributed by atoms with Gasteiger partial charge in [-0.1, -0.05) is 29.8 Å². The van der Waals surface area contributed by atoms with Gasteiger partial charge in [0.2, 0.25) is 17.6 Å². The van der Waals surface area contributed by atoms with E-state index < -0.39 is 0 Å². The average molecular weight is 328 g/mol. The normalized spacial score (nSPS) is 15.5. The predicted molar refractivity (Wildman–Crippen MR) is 86.5 cm³/mol. The number of likely N-dealkylation sites (tertiary alicyclic amines) is 1. The Bertz CT molecular complexity index is 731. The maximum absolute atomic E-state index is 12.3. The molecule has 8 heteroatoms. The molecule has 0 atom stereocenters. The van der Waals surface area contributed by atoms with Gasteiger partial charge in [-0.15, -0.1) is 10.2 Å². The van der Waals surface area contributed by atoms with Gasteiger partial charge >= 0.3 is 0 Å². The molecule has 2 amide bonds. The van der Waals surface area contributed by atoms with Crippen LogP contribution in [0.3, 0.4) is 0 Å². The van der Waals surface area contributed by atoms with Gasteiger partial charge in [0.05, 0.1) is 0 Å². The van der Waals surface area contributed by atoms with E-state index in [4.69, 9.17) is 5.73 Å². The zero-order valence-electron chi connectivity index (χ0n) is 13.6. The second-order valence-electron chi connectivity index (χ2n) is 6.07. The van der Waals surface area contributed by atoms with E-state index in [0.29, 0.717) is 31.8 Å². The van der Waals surface area contributed by atoms with Crippen molar-refractivity contribution in [3.8, 4) is 11.4 Å². The molecule has 2 aromatic rings. The molecular formula is C16H20N6O2. The summed E-state index contributed by atoms with van der Waals surface area (Å²) in [4.78, 5) is 26.5. The van der Waals surface area contributed by atoms with Gasteiger partial charge in [0.15, 0.2) is 0 Å². The highest BCUT2D eigenvalue weighted by molar-refractivity contribution is 5.78. The van der Waals surface area contributed by atoms with Crippen molar-refractivity contribution in [1.82, 2.24) is 25.1 Å². The van der Waals surface area contributed by atoms with Gasteiger partial charge in [0, 0.05) is 24.6 Å². The summed E-state index contributed by atoms with van der Waals surface area (Å²) in [5.41, 5.74) is 7.32. The van der Waals surface area contributed by atoms with Crippen LogP contribution < -0.4 is 5.73 Å². The van der Waals surface area contributed by atoms with E-state index in [1.54, 1.807) is 4.90 Å². The van der Waals surface area contributed by atoms with Crippen LogP contribution in [0.15, 0.2) is 24.3 Å². The summed E-state index contributed by atoms with van der Waals surface area (Å²) in [6.07, 6.45) is 1.22. The molecule has 1 aliphatic heterocycles. The number of nitrogens with zero attached hydrogens (tertiary/aromatic N) is 5. The summed E-state index contributed by atoms with van der Waals surface area (Å²) in [6.45, 7) is 3.12. The molecule has 1 aromatic heterocycles. The molecule has 1 fully saturated rings. The van der Waals surface area contributed by atoms with E-state index in [0.717, 1.165) is 11.1 Å². The lowest BCUT2D eigenvalue weighted by molar-refractivity contribution is -0.135. The van der Waals surface area contributed by atoms with Crippen LogP contribution in [-0.4, -0.2) is 50.0 Å². The quantitative estimate of drug-likeness (QED) is 0.872. The Labute approximate surface area is 139 Å². The third-order valence-electron chi connectivity index (χ3n) is 4.29. The molecule has 0 radical (unpaired) electrons. The van der Waals surface area contributed by atoms with Gasteiger partial charge in [0.25, 0.3) is 0 Å². The summed E-state index contributed by atoms with van der Waals surface area (Å²) in [6, 6.07) is 7.80. The van der Waals surface area contributed by atoms with Crippen molar-refractivity contribution in [2.24, 2.45) is 11.7 Å². The number of hydrogen-bond acceptors (Lipinski definition) is 5. The topological polar surface area (TPSA) is 107 Å². The number of benzene rings is 1. The molecule has 24 heavy (non-hydrogen) atoms. The molecule has 0 unspecified atom stereocenters. The summed E-state index contributed by atoms with van der Waals surface area (Å²) < 4.78 is 0. The first-order chi connectivity index (χ1) is 11.5. The highest BCUT2D eigenvalue weighted by atomic mass is 16.2. The monoisotopic (exact) mass is 328 g/mol. The maximum Gasteiger partial charge on any atom is 0.246 e. The number of rotatable bonds is 4. The molecule has 8 nitrogen and oxygen atoms in total. The summed E-state index contributed by atoms with van der Waals surface area (Å²) in [5, 5.41) is 12.2. The fraction of sp³-hybridized carbons (Fsp3) is 0.438. The van der Waals surface area contributed by atoms with Gasteiger partial charge in [-0.05, 0) is 25.0 Å². The van der Waals surface area contributed by atoms with Gasteiger partial charge in [-0.3, -0.25) is 9.59 Å². The number of nitrogens with two attached hydrogens (primary N) is 1. The number of aryl methyl sites for hydroxylation is 1. The van der Waals surface area contributed by atoms with Gasteiger partial charge in [-0.2, -0.15) is 4.80 Å². The van der Waals surface area contributed by atoms with Crippen molar-refractivity contribution in [2.75, 3.05) is 13.1 Å². The second-order valence-corrected chi connectivity index (χ2v) is 6.07. The largest absolute Gasteiger partial charge is 0.369 e. The minimum absolute atomic E-state index is 0.0418. The van der Waals surface area contributed by atoms with Crippen molar-refractivity contribution in [2.45, 2.75) is 26.3 Å². The Hall–Kier alpha value is -2.77. The minimum Gasteiger partial charge on any atom is -0.369 e. The van der Waals surface area contributed by atoms with Crippen LogP contribution >= 0.6 is 0 Å². The molecule has 1 saturated heterocycles. The number of piperidine rings is 1. The third kappa shape index (κ3) is 3.58. The van der Waals surface area contributed by atoms with Crippen molar-refractivity contribution in [1.29, 1.82) is 0 Å². The van der Waals surface area contributed by atoms with E-state index in [1.807, 2.05) is 31.2 Å². The van der Waals surface area contributed by atoms with Crippen LogP contribution in [0, 0.1) is 12.8 Å². The fourth-order valence-electron chi connectivity index (χ4n) is 2.76. The van der Waals surface area contributed by atoms with Gasteiger partial charge in [0.1, 0.15) is 6.54 Å². The number of tetrazole rings is 1. The van der Waals surface area contributed by atoms with E-state index >= 15 is 0 Å². The van der Waals surface area contributed by atoms with E-state index in [1.165, 1.54) is 4.80 Å². The number of primary amides is 1. The number of carbonyl (C=O) groups excluding carboxylic acids is 2. The zero-order chi connectivity index (χ0) is 17.1. The molecule has 0 spiro atoms. The highest BCUT2D eigenvalue weighted by Gasteiger charge is 2.26. The Morgan fingerprint density at radius 1 is 1.21 bits per heavy atom. The smallest absolute Gasteiger partial charge is 0.246 e. The lowest BCUT2D eigenvalue weighted by atomic mass is 9.96. The third-order valence-corrected chi connectivity index (χ3v) is 4.29. The zero-order valence-corrected chi connectivity index (χ0v) is 13.6. The van der Waals surface area contributed by atoms with E-state index in [2.05, 4.69) is 15.4 Å². The van der Waals surface area contributed by atoms with Crippen LogP contribution in [-0.2, 0) is 16.1 Å². The van der Waals surface area contributed by atoms with E-state index in [9.17, 15) is 9.59 Å². The summed E-state index contributed by atoms with van der Waals surface area (Å²) in [7, 11) is 0. The average Bonchev–Trinajstić information content (AvgIpc) is 3.04.